The highest BCUT2D eigenvalue weighted by Crippen LogP contribution is 2.89. The van der Waals surface area contributed by atoms with E-state index < -0.39 is 103 Å². The Morgan fingerprint density at radius 2 is 1.50 bits per heavy atom. The minimum atomic E-state index is -1.62. The first kappa shape index (κ1) is 43.6. The average molecular weight is 827 g/mol. The third kappa shape index (κ3) is 6.17. The van der Waals surface area contributed by atoms with Crippen molar-refractivity contribution in [3.8, 4) is 0 Å². The molecule has 0 bridgehead atoms. The van der Waals surface area contributed by atoms with Crippen LogP contribution >= 0.6 is 0 Å². The third-order valence-electron chi connectivity index (χ3n) is 17.9. The standard InChI is InChI=1S/C43H70O15/c1-20(45)54-32-28(48)22(47)18-53-36(32)57-26-10-12-43-19-42(43)14-13-39(6)33(41(8)11-9-27(58-41)38(4,5)52)21(46)16-40(39,7)25(42)15-23(34(43)37(26,2)3)55-35-31(51)30(50)29(49)24(17-44)56-35/h21-36,44,46-52H,9-19H2,1-8H3/t21-,22-,23+,24-,25+,26+,27+,28-,29-,30+,31+,32-,33-,34+,35-,36+,39-,40+,41+,42+,43-/m1/s1. The second-order valence-corrected chi connectivity index (χ2v) is 21.6. The van der Waals surface area contributed by atoms with Crippen molar-refractivity contribution in [1.29, 1.82) is 0 Å². The molecule has 21 atom stereocenters. The lowest BCUT2D eigenvalue weighted by atomic mass is 9.41. The highest BCUT2D eigenvalue weighted by atomic mass is 16.7. The van der Waals surface area contributed by atoms with Gasteiger partial charge in [0.1, 0.15) is 36.6 Å². The Morgan fingerprint density at radius 1 is 0.793 bits per heavy atom. The molecule has 8 N–H and O–H groups in total. The number of carbonyl (C=O) groups excluding carboxylic acids is 1. The van der Waals surface area contributed by atoms with E-state index in [2.05, 4.69) is 34.6 Å². The fourth-order valence-electron chi connectivity index (χ4n) is 15.2. The molecule has 0 aromatic heterocycles. The summed E-state index contributed by atoms with van der Waals surface area (Å²) in [5, 5.41) is 87.3. The molecule has 0 aromatic rings. The molecule has 0 unspecified atom stereocenters. The Kier molecular flexibility index (Phi) is 10.7. The Morgan fingerprint density at radius 3 is 2.14 bits per heavy atom. The summed E-state index contributed by atoms with van der Waals surface area (Å²) in [4.78, 5) is 12.1. The van der Waals surface area contributed by atoms with Crippen LogP contribution < -0.4 is 0 Å². The van der Waals surface area contributed by atoms with Gasteiger partial charge in [0.2, 0.25) is 0 Å². The fraction of sp³-hybridized carbons (Fsp3) is 0.977. The van der Waals surface area contributed by atoms with Gasteiger partial charge in [-0.1, -0.05) is 27.7 Å². The largest absolute Gasteiger partial charge is 0.454 e. The maximum Gasteiger partial charge on any atom is 0.303 e. The minimum Gasteiger partial charge on any atom is -0.454 e. The third-order valence-corrected chi connectivity index (χ3v) is 17.9. The Bertz CT molecular complexity index is 1570. The lowest BCUT2D eigenvalue weighted by molar-refractivity contribution is -0.339. The van der Waals surface area contributed by atoms with Gasteiger partial charge in [0.25, 0.3) is 0 Å². The van der Waals surface area contributed by atoms with E-state index in [9.17, 15) is 45.6 Å². The molecule has 0 radical (unpaired) electrons. The van der Waals surface area contributed by atoms with Crippen LogP contribution in [0.1, 0.15) is 113 Å². The molecule has 8 fully saturated rings. The lowest BCUT2D eigenvalue weighted by Gasteiger charge is -2.65. The number of ether oxygens (including phenoxy) is 6. The van der Waals surface area contributed by atoms with Gasteiger partial charge in [-0.05, 0) is 117 Å². The molecule has 332 valence electrons. The molecule has 3 heterocycles. The molecular formula is C43H70O15. The van der Waals surface area contributed by atoms with E-state index in [4.69, 9.17) is 28.4 Å². The zero-order valence-corrected chi connectivity index (χ0v) is 35.5. The van der Waals surface area contributed by atoms with Gasteiger partial charge >= 0.3 is 5.97 Å². The van der Waals surface area contributed by atoms with E-state index in [0.717, 1.165) is 32.1 Å². The number of esters is 1. The summed E-state index contributed by atoms with van der Waals surface area (Å²) in [7, 11) is 0. The van der Waals surface area contributed by atoms with Crippen molar-refractivity contribution in [1.82, 2.24) is 0 Å². The normalized spacial score (nSPS) is 56.1. The van der Waals surface area contributed by atoms with Gasteiger partial charge in [-0.3, -0.25) is 4.79 Å². The zero-order chi connectivity index (χ0) is 42.3. The number of carbonyl (C=O) groups is 1. The SMILES string of the molecule is CC(=O)O[C@H]1[C@H](O[C@H]2CC[C@]34C[C@]35CC[C@]3(C)[C@H]([C@]6(C)CC[C@@H](C(C)(C)O)O6)[C@H](O)C[C@@]3(C)[C@@H]5C[C@H](O[C@@H]3O[C@H](CO)[C@@H](O)[C@H](O)[C@@H]3O)[C@H]4C2(C)C)OC[C@@H](O)[C@H]1O. The average Bonchev–Trinajstić information content (AvgIpc) is 3.50. The fourth-order valence-corrected chi connectivity index (χ4v) is 15.2. The quantitative estimate of drug-likeness (QED) is 0.127. The van der Waals surface area contributed by atoms with Gasteiger partial charge in [-0.15, -0.1) is 0 Å². The van der Waals surface area contributed by atoms with Crippen LogP contribution in [0.2, 0.25) is 0 Å². The van der Waals surface area contributed by atoms with Gasteiger partial charge in [-0.25, -0.2) is 0 Å². The molecule has 0 aromatic carbocycles. The van der Waals surface area contributed by atoms with Crippen molar-refractivity contribution in [2.45, 2.75) is 204 Å². The molecule has 15 heteroatoms. The highest BCUT2D eigenvalue weighted by molar-refractivity contribution is 5.66. The molecule has 8 aliphatic rings. The Hall–Kier alpha value is -1.05. The molecular weight excluding hydrogens is 756 g/mol. The van der Waals surface area contributed by atoms with Crippen molar-refractivity contribution >= 4 is 5.97 Å². The molecule has 5 aliphatic carbocycles. The van der Waals surface area contributed by atoms with E-state index in [-0.39, 0.29) is 52.1 Å². The first-order chi connectivity index (χ1) is 26.9. The lowest BCUT2D eigenvalue weighted by Crippen LogP contribution is -2.65. The monoisotopic (exact) mass is 826 g/mol. The molecule has 2 spiro atoms. The number of fused-ring (bicyclic) bond motifs is 2. The van der Waals surface area contributed by atoms with Crippen molar-refractivity contribution in [2.24, 2.45) is 44.8 Å². The number of aliphatic hydroxyl groups is 8. The first-order valence-electron chi connectivity index (χ1n) is 21.8. The van der Waals surface area contributed by atoms with Crippen molar-refractivity contribution < 1.29 is 74.1 Å². The van der Waals surface area contributed by atoms with Crippen LogP contribution in [0.25, 0.3) is 0 Å². The number of rotatable bonds is 8. The number of hydrogen-bond acceptors (Lipinski definition) is 15. The molecule has 3 aliphatic heterocycles. The first-order valence-corrected chi connectivity index (χ1v) is 21.8. The van der Waals surface area contributed by atoms with Crippen LogP contribution in [0.5, 0.6) is 0 Å². The molecule has 15 nitrogen and oxygen atoms in total. The summed E-state index contributed by atoms with van der Waals surface area (Å²) in [6.07, 6.45) is -7.66. The predicted molar refractivity (Wildman–Crippen MR) is 203 cm³/mol. The maximum absolute atomic E-state index is 12.2. The zero-order valence-electron chi connectivity index (χ0n) is 35.5. The van der Waals surface area contributed by atoms with E-state index in [1.165, 1.54) is 6.92 Å². The summed E-state index contributed by atoms with van der Waals surface area (Å²) >= 11 is 0. The van der Waals surface area contributed by atoms with Crippen LogP contribution in [0, 0.1) is 44.8 Å². The van der Waals surface area contributed by atoms with Crippen LogP contribution in [-0.4, -0.2) is 151 Å². The minimum absolute atomic E-state index is 0.0829. The number of aliphatic hydroxyl groups excluding tert-OH is 7. The van der Waals surface area contributed by atoms with Gasteiger partial charge in [0.15, 0.2) is 18.7 Å². The maximum atomic E-state index is 12.2. The van der Waals surface area contributed by atoms with Crippen LogP contribution in [0.15, 0.2) is 0 Å². The second kappa shape index (κ2) is 14.2. The van der Waals surface area contributed by atoms with Crippen LogP contribution in [0.4, 0.5) is 0 Å². The molecule has 3 saturated heterocycles. The van der Waals surface area contributed by atoms with E-state index in [1.807, 2.05) is 0 Å². The summed E-state index contributed by atoms with van der Waals surface area (Å²) in [6.45, 7) is 15.0. The number of hydrogen-bond donors (Lipinski definition) is 8. The van der Waals surface area contributed by atoms with Gasteiger partial charge in [0, 0.05) is 12.8 Å². The van der Waals surface area contributed by atoms with Gasteiger partial charge < -0.3 is 69.3 Å². The van der Waals surface area contributed by atoms with E-state index >= 15 is 0 Å². The summed E-state index contributed by atoms with van der Waals surface area (Å²) < 4.78 is 37.8. The van der Waals surface area contributed by atoms with Crippen molar-refractivity contribution in [2.75, 3.05) is 13.2 Å². The second-order valence-electron chi connectivity index (χ2n) is 21.6. The topological polar surface area (TPSA) is 234 Å². The highest BCUT2D eigenvalue weighted by Gasteiger charge is 2.85. The van der Waals surface area contributed by atoms with E-state index in [0.29, 0.717) is 25.7 Å². The molecule has 5 saturated carbocycles. The van der Waals surface area contributed by atoms with E-state index in [1.54, 1.807) is 13.8 Å². The summed E-state index contributed by atoms with van der Waals surface area (Å²) in [5.41, 5.74) is -3.32. The summed E-state index contributed by atoms with van der Waals surface area (Å²) in [5.74, 6) is -0.931. The van der Waals surface area contributed by atoms with Crippen molar-refractivity contribution in [3.05, 3.63) is 0 Å². The van der Waals surface area contributed by atoms with Crippen LogP contribution in [0.3, 0.4) is 0 Å². The smallest absolute Gasteiger partial charge is 0.303 e. The molecule has 0 amide bonds. The Labute approximate surface area is 341 Å². The van der Waals surface area contributed by atoms with Crippen LogP contribution in [-0.2, 0) is 33.2 Å². The molecule has 8 rings (SSSR count). The van der Waals surface area contributed by atoms with Crippen molar-refractivity contribution in [3.63, 3.8) is 0 Å². The van der Waals surface area contributed by atoms with Gasteiger partial charge in [-0.2, -0.15) is 0 Å². The summed E-state index contributed by atoms with van der Waals surface area (Å²) in [6, 6.07) is 0. The molecule has 58 heavy (non-hydrogen) atoms. The Balaban J connectivity index is 1.15. The van der Waals surface area contributed by atoms with Gasteiger partial charge in [0.05, 0.1) is 48.8 Å². The predicted octanol–water partition coefficient (Wildman–Crippen LogP) is 1.29.